The van der Waals surface area contributed by atoms with Crippen molar-refractivity contribution in [1.29, 1.82) is 0 Å². The number of carbonyl (C=O) groups is 1. The number of piperidine rings is 1. The van der Waals surface area contributed by atoms with Gasteiger partial charge in [-0.25, -0.2) is 0 Å². The zero-order valence-corrected chi connectivity index (χ0v) is 5.88. The van der Waals surface area contributed by atoms with E-state index in [1.165, 1.54) is 0 Å². The van der Waals surface area contributed by atoms with E-state index in [1.54, 1.807) is 0 Å². The predicted octanol–water partition coefficient (Wildman–Crippen LogP) is -0.341. The Hall–Kier alpha value is -0.505. The second-order valence-electron chi connectivity index (χ2n) is 2.51. The van der Waals surface area contributed by atoms with Crippen molar-refractivity contribution >= 4 is 12.9 Å². The van der Waals surface area contributed by atoms with Crippen molar-refractivity contribution in [2.75, 3.05) is 19.5 Å². The molecule has 0 spiro atoms. The maximum absolute atomic E-state index is 10.7. The number of rotatable bonds is 2. The van der Waals surface area contributed by atoms with Gasteiger partial charge in [-0.15, -0.1) is 0 Å². The van der Waals surface area contributed by atoms with E-state index in [-0.39, 0.29) is 0 Å². The second-order valence-corrected chi connectivity index (χ2v) is 2.51. The normalized spacial score (nSPS) is 20.6. The molecular formula is C6H10BNO2. The van der Waals surface area contributed by atoms with E-state index in [9.17, 15) is 9.50 Å². The molecule has 0 aromatic heterocycles. The first-order chi connectivity index (χ1) is 4.83. The molecule has 0 aromatic rings. The molecule has 1 rings (SSSR count). The molecule has 0 aliphatic carbocycles. The minimum atomic E-state index is 0.321. The molecule has 3 nitrogen and oxygen atoms in total. The van der Waals surface area contributed by atoms with Gasteiger partial charge in [0.2, 0.25) is 0 Å². The molecule has 10 heavy (non-hydrogen) atoms. The van der Waals surface area contributed by atoms with Crippen LogP contribution < -0.4 is 0 Å². The Bertz CT molecular complexity index is 139. The molecule has 1 aliphatic heterocycles. The van der Waals surface area contributed by atoms with Crippen LogP contribution in [0.15, 0.2) is 0 Å². The van der Waals surface area contributed by atoms with Gasteiger partial charge in [-0.3, -0.25) is 0 Å². The summed E-state index contributed by atoms with van der Waals surface area (Å²) in [6.45, 7) is 1.52. The molecule has 0 amide bonds. The molecule has 0 N–H and O–H groups in total. The Kier molecular flexibility index (Phi) is 2.74. The standard InChI is InChI=1S/C6H10BNO2/c9-6-1-3-8(4-2-6)5-7-10/h1-5H2. The van der Waals surface area contributed by atoms with Crippen molar-refractivity contribution in [3.05, 3.63) is 0 Å². The predicted molar refractivity (Wildman–Crippen MR) is 37.1 cm³/mol. The van der Waals surface area contributed by atoms with Crippen LogP contribution in [-0.4, -0.2) is 37.4 Å². The molecule has 0 bridgehead atoms. The van der Waals surface area contributed by atoms with Gasteiger partial charge in [-0.1, -0.05) is 0 Å². The van der Waals surface area contributed by atoms with Gasteiger partial charge < -0.3 is 0 Å². The number of carbonyl (C=O) groups excluding carboxylic acids is 1. The monoisotopic (exact) mass is 139 g/mol. The molecule has 0 aromatic carbocycles. The molecular weight excluding hydrogens is 129 g/mol. The molecule has 0 radical (unpaired) electrons. The van der Waals surface area contributed by atoms with Crippen LogP contribution in [0, 0.1) is 0 Å². The van der Waals surface area contributed by atoms with E-state index >= 15 is 0 Å². The first kappa shape index (κ1) is 7.60. The summed E-state index contributed by atoms with van der Waals surface area (Å²) >= 11 is 0. The fraction of sp³-hybridized carbons (Fsp3) is 0.833. The zero-order chi connectivity index (χ0) is 7.40. The van der Waals surface area contributed by atoms with E-state index in [1.807, 2.05) is 4.90 Å². The van der Waals surface area contributed by atoms with Crippen LogP contribution >= 0.6 is 0 Å². The molecule has 0 unspecified atom stereocenters. The van der Waals surface area contributed by atoms with Gasteiger partial charge >= 0.3 is 59.7 Å². The van der Waals surface area contributed by atoms with Crippen LogP contribution in [0.25, 0.3) is 0 Å². The molecule has 1 aliphatic rings. The fourth-order valence-electron chi connectivity index (χ4n) is 1.09. The Balaban J connectivity index is 2.25. The third kappa shape index (κ3) is 2.03. The first-order valence-electron chi connectivity index (χ1n) is 3.50. The Morgan fingerprint density at radius 1 is 1.40 bits per heavy atom. The van der Waals surface area contributed by atoms with Crippen molar-refractivity contribution in [2.24, 2.45) is 0 Å². The van der Waals surface area contributed by atoms with Crippen molar-refractivity contribution in [3.8, 4) is 0 Å². The molecule has 4 heteroatoms. The fourth-order valence-corrected chi connectivity index (χ4v) is 1.09. The van der Waals surface area contributed by atoms with E-state index < -0.39 is 0 Å². The van der Waals surface area contributed by atoms with E-state index in [4.69, 9.17) is 0 Å². The average molecular weight is 139 g/mol. The SMILES string of the molecule is O=BCN1CCC(=O)CC1. The number of hydrogen-bond acceptors (Lipinski definition) is 3. The number of hydrogen-bond donors (Lipinski definition) is 0. The summed E-state index contributed by atoms with van der Waals surface area (Å²) in [5.74, 6) is 0.321. The summed E-state index contributed by atoms with van der Waals surface area (Å²) in [7, 11) is 0.885. The average Bonchev–Trinajstić information content (AvgIpc) is 1.95. The van der Waals surface area contributed by atoms with Crippen LogP contribution in [0.2, 0.25) is 0 Å². The van der Waals surface area contributed by atoms with Crippen LogP contribution in [0.4, 0.5) is 0 Å². The Labute approximate surface area is 60.6 Å². The molecule has 1 heterocycles. The van der Waals surface area contributed by atoms with Gasteiger partial charge in [0, 0.05) is 0 Å². The Morgan fingerprint density at radius 2 is 2.00 bits per heavy atom. The topological polar surface area (TPSA) is 37.4 Å². The molecule has 0 saturated carbocycles. The van der Waals surface area contributed by atoms with Crippen LogP contribution in [0.5, 0.6) is 0 Å². The van der Waals surface area contributed by atoms with Crippen LogP contribution in [0.1, 0.15) is 12.8 Å². The molecule has 1 fully saturated rings. The third-order valence-corrected chi connectivity index (χ3v) is 1.75. The van der Waals surface area contributed by atoms with Crippen molar-refractivity contribution in [1.82, 2.24) is 4.90 Å². The second kappa shape index (κ2) is 3.61. The first-order valence-corrected chi connectivity index (χ1v) is 3.50. The molecule has 54 valence electrons. The van der Waals surface area contributed by atoms with Gasteiger partial charge in [0.1, 0.15) is 0 Å². The third-order valence-electron chi connectivity index (χ3n) is 1.75. The van der Waals surface area contributed by atoms with Crippen molar-refractivity contribution in [2.45, 2.75) is 12.8 Å². The van der Waals surface area contributed by atoms with E-state index in [2.05, 4.69) is 0 Å². The van der Waals surface area contributed by atoms with Gasteiger partial charge in [0.25, 0.3) is 0 Å². The summed E-state index contributed by atoms with van der Waals surface area (Å²) < 4.78 is 10.0. The summed E-state index contributed by atoms with van der Waals surface area (Å²) in [6.07, 6.45) is 1.72. The van der Waals surface area contributed by atoms with Crippen LogP contribution in [0.3, 0.4) is 0 Å². The summed E-state index contributed by atoms with van der Waals surface area (Å²) in [6, 6.07) is 0. The van der Waals surface area contributed by atoms with E-state index in [0.29, 0.717) is 25.1 Å². The quantitative estimate of drug-likeness (QED) is 0.491. The van der Waals surface area contributed by atoms with Gasteiger partial charge in [-0.05, 0) is 0 Å². The zero-order valence-electron chi connectivity index (χ0n) is 5.88. The molecule has 1 saturated heterocycles. The summed E-state index contributed by atoms with van der Waals surface area (Å²) in [5, 5.41) is 0. The minimum absolute atomic E-state index is 0.321. The van der Waals surface area contributed by atoms with E-state index in [0.717, 1.165) is 20.2 Å². The van der Waals surface area contributed by atoms with Gasteiger partial charge in [0.05, 0.1) is 0 Å². The Morgan fingerprint density at radius 3 is 2.50 bits per heavy atom. The summed E-state index contributed by atoms with van der Waals surface area (Å²) in [5.41, 5.74) is 0. The van der Waals surface area contributed by atoms with Crippen molar-refractivity contribution in [3.63, 3.8) is 0 Å². The summed E-state index contributed by atoms with van der Waals surface area (Å²) in [4.78, 5) is 12.7. The number of likely N-dealkylation sites (tertiary alicyclic amines) is 1. The molecule has 0 atom stereocenters. The van der Waals surface area contributed by atoms with Crippen molar-refractivity contribution < 1.29 is 9.50 Å². The van der Waals surface area contributed by atoms with Crippen LogP contribution in [-0.2, 0) is 9.50 Å². The van der Waals surface area contributed by atoms with Gasteiger partial charge in [0.15, 0.2) is 0 Å². The number of nitrogens with zero attached hydrogens (tertiary/aromatic N) is 1. The number of Topliss-reactive ketones (excluding diaryl/α,β-unsaturated/α-hetero) is 1. The number of ketones is 1. The maximum atomic E-state index is 10.7. The van der Waals surface area contributed by atoms with Gasteiger partial charge in [-0.2, -0.15) is 0 Å².